The first-order valence-corrected chi connectivity index (χ1v) is 10.7. The van der Waals surface area contributed by atoms with Gasteiger partial charge in [-0.05, 0) is 31.0 Å². The Balaban J connectivity index is 1.40. The molecule has 0 radical (unpaired) electrons. The third-order valence-corrected chi connectivity index (χ3v) is 5.17. The SMILES string of the molecule is O=C(O)CC(Oc1ccc2c(c1)OCC(=O)N2CCCCNc1ncc[nH]1)c1cccnc1. The molecule has 3 aromatic rings. The lowest BCUT2D eigenvalue weighted by Crippen LogP contribution is -2.39. The normalized spacial score (nSPS) is 13.7. The van der Waals surface area contributed by atoms with E-state index in [0.717, 1.165) is 25.3 Å². The number of carbonyl (C=O) groups is 2. The zero-order chi connectivity index (χ0) is 23.0. The number of anilines is 2. The van der Waals surface area contributed by atoms with Gasteiger partial charge in [0.15, 0.2) is 12.6 Å². The minimum Gasteiger partial charge on any atom is -0.485 e. The van der Waals surface area contributed by atoms with Gasteiger partial charge in [-0.3, -0.25) is 14.6 Å². The molecule has 1 amide bonds. The maximum atomic E-state index is 12.4. The van der Waals surface area contributed by atoms with Crippen LogP contribution in [0.25, 0.3) is 0 Å². The number of rotatable bonds is 11. The summed E-state index contributed by atoms with van der Waals surface area (Å²) < 4.78 is 11.6. The molecule has 3 N–H and O–H groups in total. The van der Waals surface area contributed by atoms with Crippen LogP contribution in [0.2, 0.25) is 0 Å². The third-order valence-electron chi connectivity index (χ3n) is 5.17. The first-order chi connectivity index (χ1) is 16.1. The van der Waals surface area contributed by atoms with Crippen LogP contribution in [0.15, 0.2) is 55.1 Å². The Hall–Kier alpha value is -4.08. The van der Waals surface area contributed by atoms with E-state index in [1.54, 1.807) is 60.0 Å². The Labute approximate surface area is 190 Å². The summed E-state index contributed by atoms with van der Waals surface area (Å²) in [6.07, 6.45) is 7.41. The van der Waals surface area contributed by atoms with Gasteiger partial charge in [0.25, 0.3) is 5.91 Å². The Morgan fingerprint density at radius 3 is 2.97 bits per heavy atom. The van der Waals surface area contributed by atoms with E-state index in [0.29, 0.717) is 29.3 Å². The Kier molecular flexibility index (Phi) is 7.03. The number of imidazole rings is 1. The van der Waals surface area contributed by atoms with Crippen molar-refractivity contribution in [2.24, 2.45) is 0 Å². The minimum absolute atomic E-state index is 0.0533. The zero-order valence-electron chi connectivity index (χ0n) is 17.9. The second-order valence-electron chi connectivity index (χ2n) is 7.53. The second kappa shape index (κ2) is 10.5. The van der Waals surface area contributed by atoms with Gasteiger partial charge in [-0.2, -0.15) is 0 Å². The molecule has 1 atom stereocenters. The number of hydrogen-bond acceptors (Lipinski definition) is 7. The van der Waals surface area contributed by atoms with Crippen LogP contribution < -0.4 is 19.7 Å². The number of nitrogens with zero attached hydrogens (tertiary/aromatic N) is 3. The van der Waals surface area contributed by atoms with Gasteiger partial charge in [0.2, 0.25) is 0 Å². The smallest absolute Gasteiger partial charge is 0.307 e. The highest BCUT2D eigenvalue weighted by molar-refractivity contribution is 5.97. The van der Waals surface area contributed by atoms with Crippen LogP contribution in [0.3, 0.4) is 0 Å². The molecule has 2 aromatic heterocycles. The molecule has 1 aliphatic heterocycles. The van der Waals surface area contributed by atoms with Crippen molar-refractivity contribution in [3.8, 4) is 11.5 Å². The minimum atomic E-state index is -0.976. The van der Waals surface area contributed by atoms with Gasteiger partial charge >= 0.3 is 5.97 Å². The van der Waals surface area contributed by atoms with Crippen LogP contribution in [0, 0.1) is 0 Å². The Bertz CT molecular complexity index is 1070. The molecular weight excluding hydrogens is 426 g/mol. The second-order valence-corrected chi connectivity index (χ2v) is 7.53. The molecule has 0 spiro atoms. The molecule has 3 heterocycles. The van der Waals surface area contributed by atoms with Gasteiger partial charge in [-0.25, -0.2) is 4.98 Å². The summed E-state index contributed by atoms with van der Waals surface area (Å²) >= 11 is 0. The van der Waals surface area contributed by atoms with Crippen LogP contribution in [0.1, 0.15) is 30.9 Å². The van der Waals surface area contributed by atoms with Crippen LogP contribution in [0.5, 0.6) is 11.5 Å². The number of carboxylic acids is 1. The van der Waals surface area contributed by atoms with E-state index in [9.17, 15) is 14.7 Å². The van der Waals surface area contributed by atoms with E-state index in [-0.39, 0.29) is 18.9 Å². The maximum absolute atomic E-state index is 12.4. The number of fused-ring (bicyclic) bond motifs is 1. The number of carboxylic acid groups (broad SMARTS) is 1. The zero-order valence-corrected chi connectivity index (χ0v) is 17.9. The van der Waals surface area contributed by atoms with Crippen LogP contribution in [-0.4, -0.2) is 51.6 Å². The van der Waals surface area contributed by atoms with Crippen LogP contribution >= 0.6 is 0 Å². The van der Waals surface area contributed by atoms with E-state index < -0.39 is 12.1 Å². The topological polar surface area (TPSA) is 130 Å². The van der Waals surface area contributed by atoms with Crippen LogP contribution in [0.4, 0.5) is 11.6 Å². The molecule has 0 saturated carbocycles. The van der Waals surface area contributed by atoms with Gasteiger partial charge in [-0.15, -0.1) is 0 Å². The van der Waals surface area contributed by atoms with Crippen molar-refractivity contribution in [3.63, 3.8) is 0 Å². The average Bonchev–Trinajstić information content (AvgIpc) is 3.33. The summed E-state index contributed by atoms with van der Waals surface area (Å²) in [6, 6.07) is 8.69. The summed E-state index contributed by atoms with van der Waals surface area (Å²) in [7, 11) is 0. The van der Waals surface area contributed by atoms with E-state index in [1.165, 1.54) is 0 Å². The molecular formula is C23H25N5O5. The number of carbonyl (C=O) groups excluding carboxylic acids is 1. The lowest BCUT2D eigenvalue weighted by molar-refractivity contribution is -0.139. The number of unbranched alkanes of at least 4 members (excludes halogenated alkanes) is 1. The van der Waals surface area contributed by atoms with E-state index in [1.807, 2.05) is 0 Å². The molecule has 1 unspecified atom stereocenters. The lowest BCUT2D eigenvalue weighted by Gasteiger charge is -2.30. The van der Waals surface area contributed by atoms with Gasteiger partial charge in [0, 0.05) is 49.5 Å². The molecule has 4 rings (SSSR count). The first kappa shape index (κ1) is 22.1. The summed E-state index contributed by atoms with van der Waals surface area (Å²) in [4.78, 5) is 36.6. The van der Waals surface area contributed by atoms with Crippen molar-refractivity contribution >= 4 is 23.5 Å². The molecule has 0 fully saturated rings. The maximum Gasteiger partial charge on any atom is 0.307 e. The number of aliphatic carboxylic acids is 1. The summed E-state index contributed by atoms with van der Waals surface area (Å²) in [5.41, 5.74) is 1.34. The van der Waals surface area contributed by atoms with Crippen LogP contribution in [-0.2, 0) is 9.59 Å². The third kappa shape index (κ3) is 5.79. The number of H-pyrrole nitrogens is 1. The van der Waals surface area contributed by atoms with E-state index in [2.05, 4.69) is 20.3 Å². The number of aromatic amines is 1. The fourth-order valence-electron chi connectivity index (χ4n) is 3.58. The lowest BCUT2D eigenvalue weighted by atomic mass is 10.1. The van der Waals surface area contributed by atoms with Gasteiger partial charge < -0.3 is 29.8 Å². The highest BCUT2D eigenvalue weighted by Crippen LogP contribution is 2.37. The number of amides is 1. The number of benzene rings is 1. The van der Waals surface area contributed by atoms with E-state index in [4.69, 9.17) is 9.47 Å². The first-order valence-electron chi connectivity index (χ1n) is 10.7. The van der Waals surface area contributed by atoms with Crippen molar-refractivity contribution < 1.29 is 24.2 Å². The summed E-state index contributed by atoms with van der Waals surface area (Å²) in [5, 5.41) is 12.5. The number of ether oxygens (including phenoxy) is 2. The van der Waals surface area contributed by atoms with Gasteiger partial charge in [-0.1, -0.05) is 6.07 Å². The van der Waals surface area contributed by atoms with Crippen molar-refractivity contribution in [1.82, 2.24) is 15.0 Å². The molecule has 1 aromatic carbocycles. The van der Waals surface area contributed by atoms with E-state index >= 15 is 0 Å². The van der Waals surface area contributed by atoms with Crippen molar-refractivity contribution in [2.45, 2.75) is 25.4 Å². The number of aromatic nitrogens is 3. The fraction of sp³-hybridized carbons (Fsp3) is 0.304. The highest BCUT2D eigenvalue weighted by atomic mass is 16.5. The molecule has 1 aliphatic rings. The highest BCUT2D eigenvalue weighted by Gasteiger charge is 2.26. The number of hydrogen-bond donors (Lipinski definition) is 3. The molecule has 0 saturated heterocycles. The Morgan fingerprint density at radius 2 is 2.21 bits per heavy atom. The molecule has 172 valence electrons. The Morgan fingerprint density at radius 1 is 1.30 bits per heavy atom. The predicted molar refractivity (Wildman–Crippen MR) is 120 cm³/mol. The fourth-order valence-corrected chi connectivity index (χ4v) is 3.58. The predicted octanol–water partition coefficient (Wildman–Crippen LogP) is 3.02. The quantitative estimate of drug-likeness (QED) is 0.379. The number of pyridine rings is 1. The van der Waals surface area contributed by atoms with Crippen molar-refractivity contribution in [2.75, 3.05) is 29.9 Å². The summed E-state index contributed by atoms with van der Waals surface area (Å²) in [5.74, 6) is 0.635. The summed E-state index contributed by atoms with van der Waals surface area (Å²) in [6.45, 7) is 1.25. The molecule has 0 bridgehead atoms. The van der Waals surface area contributed by atoms with Gasteiger partial charge in [0.1, 0.15) is 17.6 Å². The monoisotopic (exact) mass is 451 g/mol. The standard InChI is InChI=1S/C23H25N5O5/c29-21-15-32-20-12-17(33-19(13-22(30)31)16-4-3-7-24-14-16)5-6-18(20)28(21)11-2-1-8-25-23-26-9-10-27-23/h3-7,9-10,12,14,19H,1-2,8,11,13,15H2,(H,30,31)(H2,25,26,27). The van der Waals surface area contributed by atoms with Crippen molar-refractivity contribution in [1.29, 1.82) is 0 Å². The largest absolute Gasteiger partial charge is 0.485 e. The molecule has 10 heteroatoms. The van der Waals surface area contributed by atoms with Crippen molar-refractivity contribution in [3.05, 3.63) is 60.7 Å². The number of nitrogens with one attached hydrogen (secondary N) is 2. The molecule has 10 nitrogen and oxygen atoms in total. The molecule has 0 aliphatic carbocycles. The van der Waals surface area contributed by atoms with Gasteiger partial charge in [0.05, 0.1) is 12.1 Å². The molecule has 33 heavy (non-hydrogen) atoms. The average molecular weight is 451 g/mol.